The Kier molecular flexibility index (Phi) is 3.88. The number of hydrogen-bond donors (Lipinski definition) is 0. The van der Waals surface area contributed by atoms with Crippen molar-refractivity contribution in [2.75, 3.05) is 0 Å². The van der Waals surface area contributed by atoms with Gasteiger partial charge in [-0.1, -0.05) is 66.7 Å². The van der Waals surface area contributed by atoms with E-state index in [1.807, 2.05) is 65.4 Å². The second-order valence-corrected chi connectivity index (χ2v) is 7.27. The molecule has 0 radical (unpaired) electrons. The molecular weight excluding hydrogens is 373 g/mol. The molecule has 1 aromatic heterocycles. The van der Waals surface area contributed by atoms with Crippen LogP contribution in [0.15, 0.2) is 91.3 Å². The van der Waals surface area contributed by atoms with Gasteiger partial charge >= 0.3 is 6.18 Å². The summed E-state index contributed by atoms with van der Waals surface area (Å²) < 4.78 is 42.6. The number of benzene rings is 3. The smallest absolute Gasteiger partial charge is 0.316 e. The van der Waals surface area contributed by atoms with Crippen molar-refractivity contribution in [2.45, 2.75) is 18.1 Å². The standard InChI is InChI=1S/C24H17F3N2/c25-24(26,27)19-10-6-9-18(15-19)23(16-17-7-2-1-3-8-17)21-12-5-4-11-20(21)22-28-13-14-29(22)23/h1-15H,16H2. The van der Waals surface area contributed by atoms with E-state index in [9.17, 15) is 13.2 Å². The second kappa shape index (κ2) is 6.34. The minimum absolute atomic E-state index is 0.523. The Labute approximate surface area is 166 Å². The highest BCUT2D eigenvalue weighted by molar-refractivity contribution is 5.71. The first-order valence-electron chi connectivity index (χ1n) is 9.35. The summed E-state index contributed by atoms with van der Waals surface area (Å²) in [5.74, 6) is 0.772. The van der Waals surface area contributed by atoms with E-state index in [0.717, 1.165) is 28.6 Å². The number of hydrogen-bond acceptors (Lipinski definition) is 1. The second-order valence-electron chi connectivity index (χ2n) is 7.27. The highest BCUT2D eigenvalue weighted by Crippen LogP contribution is 2.49. The molecule has 5 heteroatoms. The molecule has 4 aromatic rings. The lowest BCUT2D eigenvalue weighted by atomic mass is 9.77. The van der Waals surface area contributed by atoms with E-state index in [1.165, 1.54) is 12.1 Å². The van der Waals surface area contributed by atoms with E-state index in [4.69, 9.17) is 0 Å². The zero-order chi connectivity index (χ0) is 20.1. The molecule has 29 heavy (non-hydrogen) atoms. The summed E-state index contributed by atoms with van der Waals surface area (Å²) in [6.07, 6.45) is -0.313. The van der Waals surface area contributed by atoms with Crippen molar-refractivity contribution in [3.05, 3.63) is 114 Å². The predicted molar refractivity (Wildman–Crippen MR) is 105 cm³/mol. The lowest BCUT2D eigenvalue weighted by molar-refractivity contribution is -0.137. The molecular formula is C24H17F3N2. The van der Waals surface area contributed by atoms with Crippen molar-refractivity contribution in [1.29, 1.82) is 0 Å². The van der Waals surface area contributed by atoms with Gasteiger partial charge in [0.25, 0.3) is 0 Å². The fourth-order valence-corrected chi connectivity index (χ4v) is 4.40. The molecule has 0 spiro atoms. The Hall–Kier alpha value is -3.34. The van der Waals surface area contributed by atoms with Gasteiger partial charge in [0, 0.05) is 24.4 Å². The Morgan fingerprint density at radius 3 is 2.41 bits per heavy atom. The summed E-state index contributed by atoms with van der Waals surface area (Å²) in [6, 6.07) is 23.3. The van der Waals surface area contributed by atoms with Crippen LogP contribution in [-0.2, 0) is 18.1 Å². The molecule has 1 aliphatic heterocycles. The van der Waals surface area contributed by atoms with Crippen LogP contribution in [0, 0.1) is 0 Å². The molecule has 1 unspecified atom stereocenters. The van der Waals surface area contributed by atoms with Crippen LogP contribution in [0.5, 0.6) is 0 Å². The van der Waals surface area contributed by atoms with Crippen molar-refractivity contribution in [1.82, 2.24) is 9.55 Å². The third-order valence-corrected chi connectivity index (χ3v) is 5.64. The summed E-state index contributed by atoms with van der Waals surface area (Å²) in [4.78, 5) is 4.51. The molecule has 0 fully saturated rings. The number of imidazole rings is 1. The molecule has 0 saturated carbocycles. The molecule has 0 amide bonds. The van der Waals surface area contributed by atoms with Crippen LogP contribution in [0.1, 0.15) is 22.3 Å². The number of halogens is 3. The molecule has 0 aliphatic carbocycles. The number of nitrogens with zero attached hydrogens (tertiary/aromatic N) is 2. The van der Waals surface area contributed by atoms with Crippen LogP contribution in [0.2, 0.25) is 0 Å². The molecule has 2 nitrogen and oxygen atoms in total. The van der Waals surface area contributed by atoms with E-state index in [1.54, 1.807) is 12.3 Å². The molecule has 0 saturated heterocycles. The number of fused-ring (bicyclic) bond motifs is 3. The summed E-state index contributed by atoms with van der Waals surface area (Å²) in [5, 5.41) is 0. The highest BCUT2D eigenvalue weighted by atomic mass is 19.4. The van der Waals surface area contributed by atoms with Gasteiger partial charge in [0.05, 0.1) is 5.56 Å². The number of alkyl halides is 3. The minimum atomic E-state index is -4.40. The van der Waals surface area contributed by atoms with Gasteiger partial charge in [0.15, 0.2) is 0 Å². The van der Waals surface area contributed by atoms with Crippen LogP contribution in [0.3, 0.4) is 0 Å². The Morgan fingerprint density at radius 1 is 0.862 bits per heavy atom. The van der Waals surface area contributed by atoms with Gasteiger partial charge in [-0.2, -0.15) is 13.2 Å². The predicted octanol–water partition coefficient (Wildman–Crippen LogP) is 5.92. The SMILES string of the molecule is FC(F)(F)c1cccc(C2(Cc3ccccc3)c3ccccc3-c3nccn32)c1. The summed E-state index contributed by atoms with van der Waals surface area (Å²) >= 11 is 0. The topological polar surface area (TPSA) is 17.8 Å². The first kappa shape index (κ1) is 17.7. The van der Waals surface area contributed by atoms with Gasteiger partial charge in [-0.3, -0.25) is 0 Å². The van der Waals surface area contributed by atoms with Gasteiger partial charge < -0.3 is 4.57 Å². The maximum absolute atomic E-state index is 13.5. The largest absolute Gasteiger partial charge is 0.416 e. The zero-order valence-corrected chi connectivity index (χ0v) is 15.4. The maximum atomic E-state index is 13.5. The first-order chi connectivity index (χ1) is 14.0. The lowest BCUT2D eigenvalue weighted by Crippen LogP contribution is -2.35. The monoisotopic (exact) mass is 390 g/mol. The molecule has 1 aliphatic rings. The highest BCUT2D eigenvalue weighted by Gasteiger charge is 2.45. The van der Waals surface area contributed by atoms with Gasteiger partial charge in [-0.15, -0.1) is 0 Å². The quantitative estimate of drug-likeness (QED) is 0.425. The van der Waals surface area contributed by atoms with E-state index < -0.39 is 17.3 Å². The average molecular weight is 390 g/mol. The van der Waals surface area contributed by atoms with Crippen molar-refractivity contribution < 1.29 is 13.2 Å². The van der Waals surface area contributed by atoms with E-state index in [0.29, 0.717) is 12.0 Å². The Morgan fingerprint density at radius 2 is 1.62 bits per heavy atom. The molecule has 0 N–H and O–H groups in total. The van der Waals surface area contributed by atoms with Crippen LogP contribution >= 0.6 is 0 Å². The fraction of sp³-hybridized carbons (Fsp3) is 0.125. The molecule has 5 rings (SSSR count). The maximum Gasteiger partial charge on any atom is 0.416 e. The minimum Gasteiger partial charge on any atom is -0.316 e. The van der Waals surface area contributed by atoms with Crippen LogP contribution in [-0.4, -0.2) is 9.55 Å². The van der Waals surface area contributed by atoms with Crippen molar-refractivity contribution in [3.63, 3.8) is 0 Å². The van der Waals surface area contributed by atoms with Crippen LogP contribution < -0.4 is 0 Å². The average Bonchev–Trinajstić information content (AvgIpc) is 3.31. The zero-order valence-electron chi connectivity index (χ0n) is 15.4. The number of aromatic nitrogens is 2. The third kappa shape index (κ3) is 2.69. The van der Waals surface area contributed by atoms with Crippen LogP contribution in [0.25, 0.3) is 11.4 Å². The molecule has 2 heterocycles. The van der Waals surface area contributed by atoms with E-state index in [-0.39, 0.29) is 0 Å². The molecule has 144 valence electrons. The van der Waals surface area contributed by atoms with Gasteiger partial charge in [-0.05, 0) is 28.8 Å². The van der Waals surface area contributed by atoms with E-state index in [2.05, 4.69) is 4.98 Å². The van der Waals surface area contributed by atoms with Crippen molar-refractivity contribution >= 4 is 0 Å². The Balaban J connectivity index is 1.82. The summed E-state index contributed by atoms with van der Waals surface area (Å²) in [7, 11) is 0. The molecule has 1 atom stereocenters. The van der Waals surface area contributed by atoms with Gasteiger partial charge in [0.1, 0.15) is 11.4 Å². The van der Waals surface area contributed by atoms with Crippen LogP contribution in [0.4, 0.5) is 13.2 Å². The lowest BCUT2D eigenvalue weighted by Gasteiger charge is -2.34. The molecule has 3 aromatic carbocycles. The fourth-order valence-electron chi connectivity index (χ4n) is 4.40. The first-order valence-corrected chi connectivity index (χ1v) is 9.35. The normalized spacial score (nSPS) is 17.8. The Bertz CT molecular complexity index is 1180. The van der Waals surface area contributed by atoms with Gasteiger partial charge in [-0.25, -0.2) is 4.98 Å². The third-order valence-electron chi connectivity index (χ3n) is 5.64. The van der Waals surface area contributed by atoms with Gasteiger partial charge in [0.2, 0.25) is 0 Å². The van der Waals surface area contributed by atoms with E-state index >= 15 is 0 Å². The van der Waals surface area contributed by atoms with Crippen molar-refractivity contribution in [3.8, 4) is 11.4 Å². The summed E-state index contributed by atoms with van der Waals surface area (Å²) in [6.45, 7) is 0. The van der Waals surface area contributed by atoms with Crippen molar-refractivity contribution in [2.24, 2.45) is 0 Å². The molecule has 0 bridgehead atoms. The summed E-state index contributed by atoms with van der Waals surface area (Å²) in [5.41, 5.74) is 2.11. The number of rotatable bonds is 3.